The Kier molecular flexibility index (Phi) is 7.18. The molecule has 162 valence electrons. The minimum Gasteiger partial charge on any atom is -0.342 e. The Morgan fingerprint density at radius 3 is 2.17 bits per heavy atom. The van der Waals surface area contributed by atoms with Gasteiger partial charge in [0.15, 0.2) is 0 Å². The Morgan fingerprint density at radius 1 is 1.03 bits per heavy atom. The van der Waals surface area contributed by atoms with Crippen LogP contribution in [-0.4, -0.2) is 68.4 Å². The molecule has 2 N–H and O–H groups in total. The number of piperidine rings is 2. The number of thiophene rings is 1. The number of sulfonamides is 1. The van der Waals surface area contributed by atoms with Gasteiger partial charge in [-0.15, -0.1) is 11.3 Å². The van der Waals surface area contributed by atoms with Crippen molar-refractivity contribution in [2.45, 2.75) is 55.8 Å². The molecule has 0 aromatic carbocycles. The summed E-state index contributed by atoms with van der Waals surface area (Å²) in [5.41, 5.74) is 0. The maximum Gasteiger partial charge on any atom is 0.317 e. The second-order valence-corrected chi connectivity index (χ2v) is 10.9. The molecule has 0 spiro atoms. The van der Waals surface area contributed by atoms with E-state index in [2.05, 4.69) is 10.0 Å². The minimum atomic E-state index is -3.48. The minimum absolute atomic E-state index is 0.000299. The van der Waals surface area contributed by atoms with Crippen LogP contribution in [0.3, 0.4) is 0 Å². The van der Waals surface area contributed by atoms with E-state index in [9.17, 15) is 18.0 Å². The first-order valence-electron chi connectivity index (χ1n) is 10.2. The van der Waals surface area contributed by atoms with Gasteiger partial charge >= 0.3 is 6.03 Å². The smallest absolute Gasteiger partial charge is 0.317 e. The molecule has 3 heterocycles. The summed E-state index contributed by atoms with van der Waals surface area (Å²) in [5, 5.41) is 4.82. The van der Waals surface area contributed by atoms with Gasteiger partial charge in [-0.2, -0.15) is 0 Å². The highest BCUT2D eigenvalue weighted by molar-refractivity contribution is 7.91. The van der Waals surface area contributed by atoms with Gasteiger partial charge in [-0.25, -0.2) is 17.9 Å². The van der Waals surface area contributed by atoms with E-state index in [1.54, 1.807) is 22.4 Å². The molecule has 0 atom stereocenters. The molecule has 10 heteroatoms. The van der Waals surface area contributed by atoms with E-state index in [0.717, 1.165) is 12.8 Å². The van der Waals surface area contributed by atoms with Crippen LogP contribution in [0.2, 0.25) is 0 Å². The van der Waals surface area contributed by atoms with Gasteiger partial charge in [-0.3, -0.25) is 4.79 Å². The van der Waals surface area contributed by atoms with Crippen LogP contribution in [0.5, 0.6) is 0 Å². The highest BCUT2D eigenvalue weighted by atomic mass is 32.2. The zero-order chi connectivity index (χ0) is 21.0. The van der Waals surface area contributed by atoms with Crippen LogP contribution in [0.15, 0.2) is 21.7 Å². The normalized spacial score (nSPS) is 19.6. The zero-order valence-electron chi connectivity index (χ0n) is 17.0. The van der Waals surface area contributed by atoms with E-state index >= 15 is 0 Å². The molecule has 0 bridgehead atoms. The largest absolute Gasteiger partial charge is 0.342 e. The molecule has 0 unspecified atom stereocenters. The van der Waals surface area contributed by atoms with Crippen molar-refractivity contribution in [2.75, 3.05) is 26.2 Å². The molecule has 3 rings (SSSR count). The van der Waals surface area contributed by atoms with E-state index in [1.165, 1.54) is 11.3 Å². The first kappa shape index (κ1) is 22.0. The third kappa shape index (κ3) is 5.70. The average molecular weight is 443 g/mol. The number of carbonyl (C=O) groups is 2. The number of hydrogen-bond acceptors (Lipinski definition) is 5. The Morgan fingerprint density at radius 2 is 1.62 bits per heavy atom. The summed E-state index contributed by atoms with van der Waals surface area (Å²) in [5.74, 6) is 0.168. The average Bonchev–Trinajstić information content (AvgIpc) is 3.24. The van der Waals surface area contributed by atoms with Gasteiger partial charge in [-0.1, -0.05) is 19.9 Å². The lowest BCUT2D eigenvalue weighted by molar-refractivity contribution is -0.135. The SMILES string of the molecule is CC(C)C(=O)N1CCC(NC(=O)N2CCC(NS(=O)(=O)c3cccs3)CC2)CC1. The van der Waals surface area contributed by atoms with Crippen molar-refractivity contribution in [2.24, 2.45) is 5.92 Å². The Hall–Kier alpha value is -1.65. The maximum absolute atomic E-state index is 12.6. The summed E-state index contributed by atoms with van der Waals surface area (Å²) in [7, 11) is -3.48. The van der Waals surface area contributed by atoms with Crippen LogP contribution >= 0.6 is 11.3 Å². The summed E-state index contributed by atoms with van der Waals surface area (Å²) < 4.78 is 27.7. The third-order valence-corrected chi connectivity index (χ3v) is 8.41. The summed E-state index contributed by atoms with van der Waals surface area (Å²) in [6, 6.07) is 3.13. The van der Waals surface area contributed by atoms with Gasteiger partial charge in [-0.05, 0) is 37.1 Å². The van der Waals surface area contributed by atoms with Gasteiger partial charge in [0.25, 0.3) is 0 Å². The molecular formula is C19H30N4O4S2. The Balaban J connectivity index is 1.41. The topological polar surface area (TPSA) is 98.8 Å². The monoisotopic (exact) mass is 442 g/mol. The summed E-state index contributed by atoms with van der Waals surface area (Å²) in [6.45, 7) is 6.20. The van der Waals surface area contributed by atoms with E-state index in [4.69, 9.17) is 0 Å². The van der Waals surface area contributed by atoms with Crippen LogP contribution in [0.4, 0.5) is 4.79 Å². The fourth-order valence-electron chi connectivity index (χ4n) is 3.77. The number of nitrogens with zero attached hydrogens (tertiary/aromatic N) is 2. The number of carbonyl (C=O) groups excluding carboxylic acids is 2. The molecule has 2 aliphatic rings. The van der Waals surface area contributed by atoms with Gasteiger partial charge in [0.1, 0.15) is 4.21 Å². The van der Waals surface area contributed by atoms with Crippen LogP contribution in [0.25, 0.3) is 0 Å². The van der Waals surface area contributed by atoms with Crippen LogP contribution < -0.4 is 10.0 Å². The third-order valence-electron chi connectivity index (χ3n) is 5.49. The van der Waals surface area contributed by atoms with Crippen LogP contribution in [-0.2, 0) is 14.8 Å². The number of hydrogen-bond donors (Lipinski definition) is 2. The van der Waals surface area contributed by atoms with E-state index in [1.807, 2.05) is 18.7 Å². The Bertz CT molecular complexity index is 794. The van der Waals surface area contributed by atoms with Gasteiger partial charge < -0.3 is 15.1 Å². The van der Waals surface area contributed by atoms with E-state index in [0.29, 0.717) is 43.2 Å². The van der Waals surface area contributed by atoms with Crippen molar-refractivity contribution in [3.05, 3.63) is 17.5 Å². The summed E-state index contributed by atoms with van der Waals surface area (Å²) in [6.07, 6.45) is 2.72. The fraction of sp³-hybridized carbons (Fsp3) is 0.684. The molecule has 0 aliphatic carbocycles. The number of rotatable bonds is 5. The molecule has 29 heavy (non-hydrogen) atoms. The molecule has 1 aromatic rings. The quantitative estimate of drug-likeness (QED) is 0.727. The van der Waals surface area contributed by atoms with Gasteiger partial charge in [0.2, 0.25) is 15.9 Å². The van der Waals surface area contributed by atoms with Crippen molar-refractivity contribution in [1.82, 2.24) is 19.8 Å². The number of likely N-dealkylation sites (tertiary alicyclic amines) is 2. The molecule has 2 fully saturated rings. The highest BCUT2D eigenvalue weighted by Gasteiger charge is 2.29. The van der Waals surface area contributed by atoms with E-state index < -0.39 is 10.0 Å². The molecule has 3 amide bonds. The lowest BCUT2D eigenvalue weighted by Crippen LogP contribution is -2.53. The first-order chi connectivity index (χ1) is 13.8. The molecular weight excluding hydrogens is 412 g/mol. The van der Waals surface area contributed by atoms with Gasteiger partial charge in [0, 0.05) is 44.2 Å². The van der Waals surface area contributed by atoms with Gasteiger partial charge in [0.05, 0.1) is 0 Å². The van der Waals surface area contributed by atoms with Crippen molar-refractivity contribution < 1.29 is 18.0 Å². The molecule has 0 saturated carbocycles. The fourth-order valence-corrected chi connectivity index (χ4v) is 6.08. The molecule has 8 nitrogen and oxygen atoms in total. The van der Waals surface area contributed by atoms with E-state index in [-0.39, 0.29) is 29.9 Å². The predicted octanol–water partition coefficient (Wildman–Crippen LogP) is 1.85. The number of nitrogens with one attached hydrogen (secondary N) is 2. The highest BCUT2D eigenvalue weighted by Crippen LogP contribution is 2.19. The number of urea groups is 1. The second-order valence-electron chi connectivity index (χ2n) is 8.02. The van der Waals surface area contributed by atoms with Crippen molar-refractivity contribution in [3.8, 4) is 0 Å². The van der Waals surface area contributed by atoms with Crippen LogP contribution in [0.1, 0.15) is 39.5 Å². The zero-order valence-corrected chi connectivity index (χ0v) is 18.6. The van der Waals surface area contributed by atoms with Crippen molar-refractivity contribution in [3.63, 3.8) is 0 Å². The molecule has 1 aromatic heterocycles. The summed E-state index contributed by atoms with van der Waals surface area (Å²) in [4.78, 5) is 28.3. The Labute approximate surface area is 176 Å². The van der Waals surface area contributed by atoms with Crippen molar-refractivity contribution in [1.29, 1.82) is 0 Å². The standard InChI is InChI=1S/C19H30N4O4S2/c1-14(2)18(24)22-9-5-15(6-10-22)20-19(25)23-11-7-16(8-12-23)21-29(26,27)17-4-3-13-28-17/h3-4,13-16,21H,5-12H2,1-2H3,(H,20,25). The lowest BCUT2D eigenvalue weighted by atomic mass is 10.0. The van der Waals surface area contributed by atoms with Crippen LogP contribution in [0, 0.1) is 5.92 Å². The lowest BCUT2D eigenvalue weighted by Gasteiger charge is -2.36. The first-order valence-corrected chi connectivity index (χ1v) is 12.5. The molecule has 2 saturated heterocycles. The maximum atomic E-state index is 12.6. The molecule has 0 radical (unpaired) electrons. The predicted molar refractivity (Wildman–Crippen MR) is 112 cm³/mol. The van der Waals surface area contributed by atoms with Crippen molar-refractivity contribution >= 4 is 33.3 Å². The second kappa shape index (κ2) is 9.44. The molecule has 2 aliphatic heterocycles. The summed E-state index contributed by atoms with van der Waals surface area (Å²) >= 11 is 1.20. The number of amides is 3.